The third-order valence-electron chi connectivity index (χ3n) is 3.57. The van der Waals surface area contributed by atoms with E-state index in [1.165, 1.54) is 24.3 Å². The molecule has 5 nitrogen and oxygen atoms in total. The highest BCUT2D eigenvalue weighted by atomic mass is 32.2. The van der Waals surface area contributed by atoms with Crippen molar-refractivity contribution in [3.8, 4) is 0 Å². The standard InChI is InChI=1S/C15H21NO4S/c1-2-20-15(17)13-7-9-14(10-8-13)21(18,19)16-11-5-3-4-6-12-16/h7-10H,2-6,11-12H2,1H3. The minimum absolute atomic E-state index is 0.234. The Labute approximate surface area is 126 Å². The summed E-state index contributed by atoms with van der Waals surface area (Å²) in [6, 6.07) is 5.96. The minimum atomic E-state index is -3.46. The first-order valence-corrected chi connectivity index (χ1v) is 8.77. The third kappa shape index (κ3) is 3.83. The average Bonchev–Trinajstić information content (AvgIpc) is 2.77. The summed E-state index contributed by atoms with van der Waals surface area (Å²) in [5, 5.41) is 0. The molecule has 1 aromatic carbocycles. The molecule has 1 aliphatic heterocycles. The molecule has 1 heterocycles. The van der Waals surface area contributed by atoms with Crippen molar-refractivity contribution in [1.29, 1.82) is 0 Å². The van der Waals surface area contributed by atoms with E-state index in [2.05, 4.69) is 0 Å². The van der Waals surface area contributed by atoms with E-state index in [1.54, 1.807) is 11.2 Å². The van der Waals surface area contributed by atoms with Gasteiger partial charge in [0, 0.05) is 13.1 Å². The highest BCUT2D eigenvalue weighted by molar-refractivity contribution is 7.89. The number of carbonyl (C=O) groups excluding carboxylic acids is 1. The monoisotopic (exact) mass is 311 g/mol. The number of ether oxygens (including phenoxy) is 1. The summed E-state index contributed by atoms with van der Waals surface area (Å²) in [6.45, 7) is 3.17. The van der Waals surface area contributed by atoms with Crippen molar-refractivity contribution in [2.24, 2.45) is 0 Å². The van der Waals surface area contributed by atoms with Crippen molar-refractivity contribution in [3.05, 3.63) is 29.8 Å². The smallest absolute Gasteiger partial charge is 0.338 e. The Morgan fingerprint density at radius 1 is 1.10 bits per heavy atom. The van der Waals surface area contributed by atoms with Crippen molar-refractivity contribution < 1.29 is 17.9 Å². The molecule has 0 aromatic heterocycles. The lowest BCUT2D eigenvalue weighted by molar-refractivity contribution is 0.0526. The highest BCUT2D eigenvalue weighted by Gasteiger charge is 2.25. The summed E-state index contributed by atoms with van der Waals surface area (Å²) in [7, 11) is -3.46. The van der Waals surface area contributed by atoms with Gasteiger partial charge in [0.15, 0.2) is 0 Å². The normalized spacial score (nSPS) is 17.2. The fraction of sp³-hybridized carbons (Fsp3) is 0.533. The van der Waals surface area contributed by atoms with Gasteiger partial charge in [0.25, 0.3) is 0 Å². The Bertz CT molecular complexity index is 572. The molecule has 0 aliphatic carbocycles. The molecule has 0 amide bonds. The van der Waals surface area contributed by atoms with Crippen molar-refractivity contribution >= 4 is 16.0 Å². The van der Waals surface area contributed by atoms with Crippen molar-refractivity contribution in [2.45, 2.75) is 37.5 Å². The van der Waals surface area contributed by atoms with Crippen LogP contribution in [0.3, 0.4) is 0 Å². The second kappa shape index (κ2) is 7.04. The van der Waals surface area contributed by atoms with Crippen LogP contribution in [0.2, 0.25) is 0 Å². The quantitative estimate of drug-likeness (QED) is 0.801. The zero-order valence-corrected chi connectivity index (χ0v) is 13.1. The molecule has 1 aliphatic rings. The molecular weight excluding hydrogens is 290 g/mol. The summed E-state index contributed by atoms with van der Waals surface area (Å²) < 4.78 is 31.5. The molecule has 0 radical (unpaired) electrons. The number of nitrogens with zero attached hydrogens (tertiary/aromatic N) is 1. The first-order chi connectivity index (χ1) is 10.1. The summed E-state index contributed by atoms with van der Waals surface area (Å²) >= 11 is 0. The van der Waals surface area contributed by atoms with Gasteiger partial charge in [-0.25, -0.2) is 13.2 Å². The number of esters is 1. The Hall–Kier alpha value is -1.40. The van der Waals surface area contributed by atoms with E-state index in [-0.39, 0.29) is 4.90 Å². The predicted molar refractivity (Wildman–Crippen MR) is 79.6 cm³/mol. The fourth-order valence-electron chi connectivity index (χ4n) is 2.41. The van der Waals surface area contributed by atoms with E-state index in [1.807, 2.05) is 0 Å². The van der Waals surface area contributed by atoms with Gasteiger partial charge in [-0.1, -0.05) is 12.8 Å². The molecule has 116 valence electrons. The molecule has 1 aromatic rings. The molecule has 0 saturated carbocycles. The van der Waals surface area contributed by atoms with E-state index in [0.717, 1.165) is 25.7 Å². The Kier molecular flexibility index (Phi) is 5.36. The summed E-state index contributed by atoms with van der Waals surface area (Å²) in [5.74, 6) is -0.434. The van der Waals surface area contributed by atoms with E-state index in [4.69, 9.17) is 4.74 Å². The first kappa shape index (κ1) is 16.0. The van der Waals surface area contributed by atoms with Crippen LogP contribution in [-0.2, 0) is 14.8 Å². The van der Waals surface area contributed by atoms with Gasteiger partial charge in [-0.15, -0.1) is 0 Å². The van der Waals surface area contributed by atoms with Crippen LogP contribution in [0.25, 0.3) is 0 Å². The number of benzene rings is 1. The van der Waals surface area contributed by atoms with Gasteiger partial charge in [0.05, 0.1) is 17.1 Å². The SMILES string of the molecule is CCOC(=O)c1ccc(S(=O)(=O)N2CCCCCC2)cc1. The van der Waals surface area contributed by atoms with E-state index in [9.17, 15) is 13.2 Å². The number of rotatable bonds is 4. The van der Waals surface area contributed by atoms with Gasteiger partial charge < -0.3 is 4.74 Å². The third-order valence-corrected chi connectivity index (χ3v) is 5.48. The average molecular weight is 311 g/mol. The molecule has 0 spiro atoms. The molecule has 0 N–H and O–H groups in total. The van der Waals surface area contributed by atoms with Crippen LogP contribution >= 0.6 is 0 Å². The number of hydrogen-bond donors (Lipinski definition) is 0. The van der Waals surface area contributed by atoms with Crippen molar-refractivity contribution in [3.63, 3.8) is 0 Å². The summed E-state index contributed by atoms with van der Waals surface area (Å²) in [4.78, 5) is 11.8. The van der Waals surface area contributed by atoms with Gasteiger partial charge in [0.1, 0.15) is 0 Å². The van der Waals surface area contributed by atoms with Gasteiger partial charge in [-0.2, -0.15) is 4.31 Å². The van der Waals surface area contributed by atoms with Gasteiger partial charge in [-0.05, 0) is 44.0 Å². The van der Waals surface area contributed by atoms with E-state index < -0.39 is 16.0 Å². The zero-order valence-electron chi connectivity index (χ0n) is 12.2. The van der Waals surface area contributed by atoms with Crippen LogP contribution in [0.5, 0.6) is 0 Å². The van der Waals surface area contributed by atoms with Crippen molar-refractivity contribution in [1.82, 2.24) is 4.31 Å². The van der Waals surface area contributed by atoms with Crippen LogP contribution in [0.4, 0.5) is 0 Å². The van der Waals surface area contributed by atoms with E-state index in [0.29, 0.717) is 25.3 Å². The number of hydrogen-bond acceptors (Lipinski definition) is 4. The number of sulfonamides is 1. The molecule has 1 saturated heterocycles. The molecule has 0 atom stereocenters. The maximum atomic E-state index is 12.6. The van der Waals surface area contributed by atoms with Crippen LogP contribution in [-0.4, -0.2) is 38.4 Å². The topological polar surface area (TPSA) is 63.7 Å². The number of carbonyl (C=O) groups is 1. The Morgan fingerprint density at radius 2 is 1.67 bits per heavy atom. The van der Waals surface area contributed by atoms with Crippen molar-refractivity contribution in [2.75, 3.05) is 19.7 Å². The van der Waals surface area contributed by atoms with E-state index >= 15 is 0 Å². The maximum absolute atomic E-state index is 12.6. The molecule has 6 heteroatoms. The molecule has 0 bridgehead atoms. The molecule has 21 heavy (non-hydrogen) atoms. The largest absolute Gasteiger partial charge is 0.462 e. The van der Waals surface area contributed by atoms with Gasteiger partial charge >= 0.3 is 5.97 Å². The molecule has 1 fully saturated rings. The molecule has 2 rings (SSSR count). The lowest BCUT2D eigenvalue weighted by Gasteiger charge is -2.19. The summed E-state index contributed by atoms with van der Waals surface area (Å²) in [5.41, 5.74) is 0.367. The minimum Gasteiger partial charge on any atom is -0.462 e. The fourth-order valence-corrected chi connectivity index (χ4v) is 3.93. The van der Waals surface area contributed by atoms with Crippen LogP contribution in [0, 0.1) is 0 Å². The highest BCUT2D eigenvalue weighted by Crippen LogP contribution is 2.20. The lowest BCUT2D eigenvalue weighted by atomic mass is 10.2. The van der Waals surface area contributed by atoms with Crippen LogP contribution in [0.15, 0.2) is 29.2 Å². The van der Waals surface area contributed by atoms with Crippen LogP contribution in [0.1, 0.15) is 43.0 Å². The van der Waals surface area contributed by atoms with Crippen LogP contribution < -0.4 is 0 Å². The predicted octanol–water partition coefficient (Wildman–Crippen LogP) is 2.43. The lowest BCUT2D eigenvalue weighted by Crippen LogP contribution is -2.31. The second-order valence-electron chi connectivity index (χ2n) is 5.06. The maximum Gasteiger partial charge on any atom is 0.338 e. The summed E-state index contributed by atoms with van der Waals surface area (Å²) in [6.07, 6.45) is 3.96. The molecular formula is C15H21NO4S. The Balaban J connectivity index is 2.18. The van der Waals surface area contributed by atoms with Gasteiger partial charge in [-0.3, -0.25) is 0 Å². The molecule has 0 unspecified atom stereocenters. The van der Waals surface area contributed by atoms with Gasteiger partial charge in [0.2, 0.25) is 10.0 Å². The zero-order chi connectivity index (χ0) is 15.3. The first-order valence-electron chi connectivity index (χ1n) is 7.33. The second-order valence-corrected chi connectivity index (χ2v) is 7.00. The Morgan fingerprint density at radius 3 is 2.19 bits per heavy atom.